The van der Waals surface area contributed by atoms with E-state index in [1.54, 1.807) is 35.6 Å². The van der Waals surface area contributed by atoms with Crippen LogP contribution in [0.5, 0.6) is 5.75 Å². The van der Waals surface area contributed by atoms with Gasteiger partial charge in [-0.25, -0.2) is 8.42 Å². The van der Waals surface area contributed by atoms with Gasteiger partial charge in [-0.1, -0.05) is 43.7 Å². The summed E-state index contributed by atoms with van der Waals surface area (Å²) in [7, 11) is -3.77. The van der Waals surface area contributed by atoms with Crippen molar-refractivity contribution in [1.82, 2.24) is 9.21 Å². The molecule has 1 amide bonds. The summed E-state index contributed by atoms with van der Waals surface area (Å²) in [5.74, 6) is 1.03. The Labute approximate surface area is 223 Å². The monoisotopic (exact) mass is 538 g/mol. The van der Waals surface area contributed by atoms with Gasteiger partial charge in [0.05, 0.1) is 17.5 Å². The number of nitrogens with zero attached hydrogens (tertiary/aromatic N) is 2. The van der Waals surface area contributed by atoms with E-state index >= 15 is 0 Å². The van der Waals surface area contributed by atoms with Crippen molar-refractivity contribution >= 4 is 27.3 Å². The van der Waals surface area contributed by atoms with Crippen LogP contribution in [0.3, 0.4) is 0 Å². The van der Waals surface area contributed by atoms with E-state index in [-0.39, 0.29) is 29.4 Å². The number of rotatable bonds is 9. The number of aryl methyl sites for hydroxylation is 1. The van der Waals surface area contributed by atoms with Crippen molar-refractivity contribution < 1.29 is 17.9 Å². The number of benzene rings is 2. The summed E-state index contributed by atoms with van der Waals surface area (Å²) in [6.07, 6.45) is 2.34. The molecule has 37 heavy (non-hydrogen) atoms. The van der Waals surface area contributed by atoms with Crippen molar-refractivity contribution in [3.05, 3.63) is 81.5 Å². The van der Waals surface area contributed by atoms with E-state index in [4.69, 9.17) is 4.74 Å². The highest BCUT2D eigenvalue weighted by Gasteiger charge is 2.41. The molecule has 0 N–H and O–H groups in total. The fraction of sp³-hybridized carbons (Fsp3) is 0.414. The maximum Gasteiger partial charge on any atom is 0.243 e. The molecule has 1 saturated carbocycles. The average molecular weight is 539 g/mol. The second-order valence-electron chi connectivity index (χ2n) is 10.3. The number of ether oxygens (including phenoxy) is 1. The van der Waals surface area contributed by atoms with Crippen LogP contribution in [0.1, 0.15) is 60.2 Å². The lowest BCUT2D eigenvalue weighted by atomic mass is 10.0. The van der Waals surface area contributed by atoms with Gasteiger partial charge in [0.1, 0.15) is 12.4 Å². The lowest BCUT2D eigenvalue weighted by Crippen LogP contribution is -2.48. The van der Waals surface area contributed by atoms with E-state index in [9.17, 15) is 13.2 Å². The third-order valence-corrected chi connectivity index (χ3v) is 10.2. The first kappa shape index (κ1) is 25.9. The molecular weight excluding hydrogens is 504 g/mol. The summed E-state index contributed by atoms with van der Waals surface area (Å²) < 4.78 is 34.6. The van der Waals surface area contributed by atoms with E-state index < -0.39 is 10.0 Å². The van der Waals surface area contributed by atoms with Gasteiger partial charge in [0.15, 0.2) is 0 Å². The van der Waals surface area contributed by atoms with Crippen LogP contribution in [0.2, 0.25) is 0 Å². The maximum atomic E-state index is 13.7. The zero-order chi connectivity index (χ0) is 26.2. The maximum absolute atomic E-state index is 13.7. The molecule has 2 aliphatic rings. The molecule has 1 fully saturated rings. The molecule has 1 aliphatic carbocycles. The summed E-state index contributed by atoms with van der Waals surface area (Å²) >= 11 is 1.70. The number of carbonyl (C=O) groups excluding carboxylic acids is 1. The Kier molecular flexibility index (Phi) is 7.43. The molecule has 2 aromatic carbocycles. The van der Waals surface area contributed by atoms with Crippen LogP contribution < -0.4 is 4.74 Å². The van der Waals surface area contributed by atoms with E-state index in [1.807, 2.05) is 24.0 Å². The molecule has 5 rings (SSSR count). The van der Waals surface area contributed by atoms with Gasteiger partial charge in [0.25, 0.3) is 0 Å². The Morgan fingerprint density at radius 2 is 1.78 bits per heavy atom. The van der Waals surface area contributed by atoms with Crippen LogP contribution in [0.25, 0.3) is 0 Å². The average Bonchev–Trinajstić information content (AvgIpc) is 3.61. The quantitative estimate of drug-likeness (QED) is 0.359. The highest BCUT2D eigenvalue weighted by atomic mass is 32.2. The number of fused-ring (bicyclic) bond motifs is 1. The first-order valence-corrected chi connectivity index (χ1v) is 15.2. The highest BCUT2D eigenvalue weighted by molar-refractivity contribution is 7.89. The van der Waals surface area contributed by atoms with Gasteiger partial charge >= 0.3 is 0 Å². The predicted octanol–water partition coefficient (Wildman–Crippen LogP) is 5.54. The molecule has 196 valence electrons. The van der Waals surface area contributed by atoms with Crippen molar-refractivity contribution in [2.45, 2.75) is 62.9 Å². The lowest BCUT2D eigenvalue weighted by Gasteiger charge is -2.37. The summed E-state index contributed by atoms with van der Waals surface area (Å²) in [6.45, 7) is 6.96. The van der Waals surface area contributed by atoms with Gasteiger partial charge in [-0.05, 0) is 78.9 Å². The molecule has 0 radical (unpaired) electrons. The van der Waals surface area contributed by atoms with Crippen LogP contribution in [0.4, 0.5) is 0 Å². The number of thiophene rings is 1. The van der Waals surface area contributed by atoms with E-state index in [0.717, 1.165) is 36.1 Å². The highest BCUT2D eigenvalue weighted by Crippen LogP contribution is 2.36. The molecule has 0 saturated heterocycles. The third kappa shape index (κ3) is 5.61. The smallest absolute Gasteiger partial charge is 0.243 e. The fourth-order valence-corrected chi connectivity index (χ4v) is 7.40. The van der Waals surface area contributed by atoms with Crippen molar-refractivity contribution in [3.8, 4) is 5.75 Å². The molecular formula is C29H34N2O4S2. The topological polar surface area (TPSA) is 66.9 Å². The first-order chi connectivity index (χ1) is 17.7. The first-order valence-electron chi connectivity index (χ1n) is 12.9. The predicted molar refractivity (Wildman–Crippen MR) is 147 cm³/mol. The molecule has 1 unspecified atom stereocenters. The van der Waals surface area contributed by atoms with Gasteiger partial charge in [-0.3, -0.25) is 4.79 Å². The number of sulfonamides is 1. The number of amides is 1. The van der Waals surface area contributed by atoms with Crippen molar-refractivity contribution in [2.24, 2.45) is 0 Å². The van der Waals surface area contributed by atoms with Gasteiger partial charge < -0.3 is 9.64 Å². The minimum atomic E-state index is -3.77. The summed E-state index contributed by atoms with van der Waals surface area (Å²) in [4.78, 5) is 17.0. The Hall–Kier alpha value is -2.68. The Morgan fingerprint density at radius 1 is 1.08 bits per heavy atom. The van der Waals surface area contributed by atoms with Crippen LogP contribution in [0, 0.1) is 6.92 Å². The van der Waals surface area contributed by atoms with Crippen LogP contribution >= 0.6 is 11.3 Å². The second kappa shape index (κ2) is 10.6. The van der Waals surface area contributed by atoms with Gasteiger partial charge in [0.2, 0.25) is 15.9 Å². The minimum Gasteiger partial charge on any atom is -0.491 e. The minimum absolute atomic E-state index is 0.120. The number of hydrogen-bond acceptors (Lipinski definition) is 5. The molecule has 1 atom stereocenters. The van der Waals surface area contributed by atoms with Crippen LogP contribution in [0.15, 0.2) is 64.9 Å². The molecule has 0 spiro atoms. The van der Waals surface area contributed by atoms with E-state index in [2.05, 4.69) is 37.4 Å². The Balaban J connectivity index is 1.35. The van der Waals surface area contributed by atoms with Crippen molar-refractivity contribution in [2.75, 3.05) is 19.7 Å². The van der Waals surface area contributed by atoms with Gasteiger partial charge in [0, 0.05) is 17.5 Å². The summed E-state index contributed by atoms with van der Waals surface area (Å²) in [5, 5.41) is 2.06. The molecule has 2 heterocycles. The largest absolute Gasteiger partial charge is 0.491 e. The molecule has 1 aliphatic heterocycles. The molecule has 0 bridgehead atoms. The Bertz CT molecular complexity index is 1340. The van der Waals surface area contributed by atoms with Gasteiger partial charge in [-0.15, -0.1) is 11.3 Å². The SMILES string of the molecule is Cc1ccc(S(=O)(=O)N(CC(=O)N2CCc3sccc3C2COc2ccc(C(C)C)cc2)C2CC2)cc1. The normalized spacial score (nSPS) is 17.8. The molecule has 3 aromatic rings. The lowest BCUT2D eigenvalue weighted by molar-refractivity contribution is -0.135. The van der Waals surface area contributed by atoms with Crippen LogP contribution in [-0.4, -0.2) is 49.3 Å². The number of hydrogen-bond donors (Lipinski definition) is 0. The van der Waals surface area contributed by atoms with E-state index in [1.165, 1.54) is 14.7 Å². The third-order valence-electron chi connectivity index (χ3n) is 7.24. The fourth-order valence-electron chi connectivity index (χ4n) is 4.84. The number of carbonyl (C=O) groups is 1. The molecule has 6 nitrogen and oxygen atoms in total. The second-order valence-corrected chi connectivity index (χ2v) is 13.2. The van der Waals surface area contributed by atoms with Gasteiger partial charge in [-0.2, -0.15) is 4.31 Å². The van der Waals surface area contributed by atoms with Crippen LogP contribution in [-0.2, 0) is 21.2 Å². The summed E-state index contributed by atoms with van der Waals surface area (Å²) in [6, 6.07) is 16.6. The standard InChI is InChI=1S/C29H34N2O4S2/c1-20(2)22-6-10-24(11-7-22)35-19-27-26-15-17-36-28(26)14-16-30(27)29(32)18-31(23-8-9-23)37(33,34)25-12-4-21(3)5-13-25/h4-7,10-13,15,17,20,23,27H,8-9,14,16,18-19H2,1-3H3. The zero-order valence-corrected chi connectivity index (χ0v) is 23.2. The van der Waals surface area contributed by atoms with Crippen molar-refractivity contribution in [1.29, 1.82) is 0 Å². The van der Waals surface area contributed by atoms with E-state index in [0.29, 0.717) is 19.1 Å². The molecule has 8 heteroatoms. The summed E-state index contributed by atoms with van der Waals surface area (Å²) in [5.41, 5.74) is 3.34. The Morgan fingerprint density at radius 3 is 2.43 bits per heavy atom. The molecule has 1 aromatic heterocycles. The zero-order valence-electron chi connectivity index (χ0n) is 21.6. The van der Waals surface area contributed by atoms with Crippen molar-refractivity contribution in [3.63, 3.8) is 0 Å².